The van der Waals surface area contributed by atoms with Gasteiger partial charge in [-0.25, -0.2) is 0 Å². The van der Waals surface area contributed by atoms with Crippen molar-refractivity contribution < 1.29 is 9.84 Å². The van der Waals surface area contributed by atoms with E-state index >= 15 is 0 Å². The number of aromatic nitrogens is 1. The Balaban J connectivity index is 1.80. The summed E-state index contributed by atoms with van der Waals surface area (Å²) in [5.74, 6) is 0.681. The molecular formula is C13H19NO2. The van der Waals surface area contributed by atoms with Crippen molar-refractivity contribution in [2.45, 2.75) is 37.2 Å². The summed E-state index contributed by atoms with van der Waals surface area (Å²) in [4.78, 5) is 3.15. The van der Waals surface area contributed by atoms with Crippen molar-refractivity contribution in [3.8, 4) is 0 Å². The number of rotatable bonds is 2. The first kappa shape index (κ1) is 10.4. The first-order valence-corrected chi connectivity index (χ1v) is 6.20. The fraction of sp³-hybridized carbons (Fsp3) is 0.692. The first-order chi connectivity index (χ1) is 7.81. The van der Waals surface area contributed by atoms with Gasteiger partial charge in [0.2, 0.25) is 0 Å². The average Bonchev–Trinajstić information content (AvgIpc) is 2.73. The van der Waals surface area contributed by atoms with E-state index in [9.17, 15) is 5.11 Å². The van der Waals surface area contributed by atoms with Crippen LogP contribution in [0.15, 0.2) is 18.5 Å². The molecule has 0 radical (unpaired) electrons. The van der Waals surface area contributed by atoms with Crippen molar-refractivity contribution in [3.05, 3.63) is 24.0 Å². The second kappa shape index (κ2) is 3.90. The van der Waals surface area contributed by atoms with Crippen LogP contribution in [0.5, 0.6) is 0 Å². The van der Waals surface area contributed by atoms with Crippen LogP contribution in [0.25, 0.3) is 0 Å². The highest BCUT2D eigenvalue weighted by Crippen LogP contribution is 2.45. The van der Waals surface area contributed by atoms with Gasteiger partial charge in [0.25, 0.3) is 0 Å². The molecule has 1 saturated carbocycles. The monoisotopic (exact) mass is 221 g/mol. The highest BCUT2D eigenvalue weighted by Gasteiger charge is 2.47. The van der Waals surface area contributed by atoms with E-state index in [4.69, 9.17) is 4.74 Å². The normalized spacial score (nSPS) is 33.3. The number of hydrogen-bond donors (Lipinski definition) is 2. The van der Waals surface area contributed by atoms with Gasteiger partial charge >= 0.3 is 0 Å². The zero-order chi connectivity index (χ0) is 11.0. The summed E-state index contributed by atoms with van der Waals surface area (Å²) in [5, 5.41) is 9.58. The minimum Gasteiger partial charge on any atom is -0.393 e. The molecule has 1 saturated heterocycles. The maximum Gasteiger partial charge on any atom is 0.0588 e. The lowest BCUT2D eigenvalue weighted by Crippen LogP contribution is -2.53. The van der Waals surface area contributed by atoms with Gasteiger partial charge in [0, 0.05) is 17.8 Å². The first-order valence-electron chi connectivity index (χ1n) is 6.20. The van der Waals surface area contributed by atoms with Crippen molar-refractivity contribution in [1.29, 1.82) is 0 Å². The van der Waals surface area contributed by atoms with Crippen molar-refractivity contribution in [2.75, 3.05) is 13.2 Å². The van der Waals surface area contributed by atoms with Crippen molar-refractivity contribution in [1.82, 2.24) is 4.98 Å². The lowest BCUT2D eigenvalue weighted by molar-refractivity contribution is -0.103. The summed E-state index contributed by atoms with van der Waals surface area (Å²) in [7, 11) is 0. The molecule has 88 valence electrons. The van der Waals surface area contributed by atoms with Crippen molar-refractivity contribution in [2.24, 2.45) is 5.92 Å². The standard InChI is InChI=1S/C13H19NO2/c15-12-3-1-10(2-4-12)13(8-16-9-13)11-5-6-14-7-11/h5-7,10,12,14-15H,1-4,8-9H2. The van der Waals surface area contributed by atoms with Gasteiger partial charge in [-0.15, -0.1) is 0 Å². The van der Waals surface area contributed by atoms with E-state index in [-0.39, 0.29) is 11.5 Å². The molecule has 1 aliphatic carbocycles. The summed E-state index contributed by atoms with van der Waals surface area (Å²) in [6, 6.07) is 2.17. The Kier molecular flexibility index (Phi) is 2.52. The lowest BCUT2D eigenvalue weighted by Gasteiger charge is -2.49. The quantitative estimate of drug-likeness (QED) is 0.800. The summed E-state index contributed by atoms with van der Waals surface area (Å²) in [6.07, 6.45) is 8.21. The molecule has 1 aromatic rings. The molecule has 0 amide bonds. The largest absolute Gasteiger partial charge is 0.393 e. The van der Waals surface area contributed by atoms with Crippen LogP contribution >= 0.6 is 0 Å². The van der Waals surface area contributed by atoms with Crippen LogP contribution in [0.3, 0.4) is 0 Å². The predicted molar refractivity (Wildman–Crippen MR) is 61.3 cm³/mol. The molecule has 0 unspecified atom stereocenters. The minimum absolute atomic E-state index is 0.0690. The zero-order valence-corrected chi connectivity index (χ0v) is 9.48. The van der Waals surface area contributed by atoms with E-state index in [1.165, 1.54) is 5.56 Å². The Bertz CT molecular complexity index is 335. The molecule has 2 heterocycles. The number of ether oxygens (including phenoxy) is 1. The van der Waals surface area contributed by atoms with Crippen LogP contribution in [0, 0.1) is 5.92 Å². The van der Waals surface area contributed by atoms with Crippen LogP contribution in [0.2, 0.25) is 0 Å². The maximum absolute atomic E-state index is 9.58. The van der Waals surface area contributed by atoms with E-state index < -0.39 is 0 Å². The summed E-state index contributed by atoms with van der Waals surface area (Å²) in [5.41, 5.74) is 1.63. The second-order valence-corrected chi connectivity index (χ2v) is 5.25. The third-order valence-electron chi connectivity index (χ3n) is 4.37. The Morgan fingerprint density at radius 3 is 2.50 bits per heavy atom. The fourth-order valence-electron chi connectivity index (χ4n) is 3.22. The van der Waals surface area contributed by atoms with Crippen molar-refractivity contribution >= 4 is 0 Å². The molecule has 2 aliphatic rings. The van der Waals surface area contributed by atoms with Crippen molar-refractivity contribution in [3.63, 3.8) is 0 Å². The summed E-state index contributed by atoms with van der Waals surface area (Å²) in [6.45, 7) is 1.71. The lowest BCUT2D eigenvalue weighted by atomic mass is 9.64. The molecule has 0 spiro atoms. The van der Waals surface area contributed by atoms with E-state index in [0.29, 0.717) is 5.92 Å². The highest BCUT2D eigenvalue weighted by atomic mass is 16.5. The smallest absolute Gasteiger partial charge is 0.0588 e. The van der Waals surface area contributed by atoms with Gasteiger partial charge in [-0.1, -0.05) is 0 Å². The molecule has 1 aromatic heterocycles. The Morgan fingerprint density at radius 2 is 2.00 bits per heavy atom. The van der Waals surface area contributed by atoms with Gasteiger partial charge in [-0.3, -0.25) is 0 Å². The number of aliphatic hydroxyl groups is 1. The number of nitrogens with one attached hydrogen (secondary N) is 1. The average molecular weight is 221 g/mol. The van der Waals surface area contributed by atoms with Crippen LogP contribution in [-0.4, -0.2) is 29.4 Å². The number of aliphatic hydroxyl groups excluding tert-OH is 1. The molecule has 3 nitrogen and oxygen atoms in total. The highest BCUT2D eigenvalue weighted by molar-refractivity contribution is 5.27. The van der Waals surface area contributed by atoms with Crippen LogP contribution < -0.4 is 0 Å². The van der Waals surface area contributed by atoms with Crippen LogP contribution in [0.4, 0.5) is 0 Å². The van der Waals surface area contributed by atoms with Crippen LogP contribution in [-0.2, 0) is 10.2 Å². The Hall–Kier alpha value is -0.800. The number of hydrogen-bond acceptors (Lipinski definition) is 2. The molecule has 2 N–H and O–H groups in total. The van der Waals surface area contributed by atoms with Crippen LogP contribution in [0.1, 0.15) is 31.2 Å². The summed E-state index contributed by atoms with van der Waals surface area (Å²) < 4.78 is 5.47. The van der Waals surface area contributed by atoms with E-state index in [1.807, 2.05) is 6.20 Å². The third-order valence-corrected chi connectivity index (χ3v) is 4.37. The van der Waals surface area contributed by atoms with Gasteiger partial charge in [0.15, 0.2) is 0 Å². The molecule has 0 aromatic carbocycles. The second-order valence-electron chi connectivity index (χ2n) is 5.25. The Morgan fingerprint density at radius 1 is 1.25 bits per heavy atom. The predicted octanol–water partition coefficient (Wildman–Crippen LogP) is 1.83. The molecule has 16 heavy (non-hydrogen) atoms. The van der Waals surface area contributed by atoms with Gasteiger partial charge in [0.1, 0.15) is 0 Å². The van der Waals surface area contributed by atoms with Gasteiger partial charge in [-0.2, -0.15) is 0 Å². The van der Waals surface area contributed by atoms with E-state index in [1.54, 1.807) is 0 Å². The molecule has 0 bridgehead atoms. The van der Waals surface area contributed by atoms with Gasteiger partial charge in [-0.05, 0) is 43.2 Å². The third kappa shape index (κ3) is 1.50. The molecule has 0 atom stereocenters. The van der Waals surface area contributed by atoms with E-state index in [2.05, 4.69) is 17.2 Å². The zero-order valence-electron chi connectivity index (χ0n) is 9.48. The molecule has 2 fully saturated rings. The summed E-state index contributed by atoms with van der Waals surface area (Å²) >= 11 is 0. The molecule has 3 rings (SSSR count). The topological polar surface area (TPSA) is 45.2 Å². The minimum atomic E-state index is -0.0690. The maximum atomic E-state index is 9.58. The fourth-order valence-corrected chi connectivity index (χ4v) is 3.22. The SMILES string of the molecule is OC1CCC(C2(c3cc[nH]c3)COC2)CC1. The van der Waals surface area contributed by atoms with Gasteiger partial charge in [0.05, 0.1) is 19.3 Å². The number of H-pyrrole nitrogens is 1. The molecular weight excluding hydrogens is 202 g/mol. The molecule has 3 heteroatoms. The number of aromatic amines is 1. The Labute approximate surface area is 95.8 Å². The van der Waals surface area contributed by atoms with E-state index in [0.717, 1.165) is 38.9 Å². The molecule has 1 aliphatic heterocycles. The van der Waals surface area contributed by atoms with Gasteiger partial charge < -0.3 is 14.8 Å².